The molecular weight excluding hydrogens is 464 g/mol. The minimum absolute atomic E-state index is 0.0200. The standard InChI is InChI=1S/C30H36N4O3/c31-17-7-6-12-27-30(36)33-24(20-37-25-15-13-22-10-4-5-11-23(22)19-25)14-16-28(33)34(27)29(35)26(32)18-21-8-2-1-3-9-21/h1-5,8-11,13,15,19,24,26-28H,6-7,12,14,16-18,20,31-32H2/t24-,26+,27+,28?/m1/s1/i/hD. The average molecular weight is 502 g/mol. The molecule has 1 unspecified atom stereocenters. The van der Waals surface area contributed by atoms with Crippen LogP contribution in [0.15, 0.2) is 72.8 Å². The number of carbonyl (C=O) groups is 2. The second-order valence-corrected chi connectivity index (χ2v) is 10.1. The average Bonchev–Trinajstić information content (AvgIpc) is 3.49. The van der Waals surface area contributed by atoms with Gasteiger partial charge in [0, 0.05) is 0 Å². The SMILES string of the molecule is [2H]N[C@@H](Cc1ccccc1)C(=O)N1C2CC[C@H](COc3ccc4ccccc4c3)N2C(=O)[C@@H]1CCCCN. The molecule has 2 heterocycles. The van der Waals surface area contributed by atoms with Crippen LogP contribution in [0.1, 0.15) is 37.7 Å². The van der Waals surface area contributed by atoms with Gasteiger partial charge in [-0.15, -0.1) is 0 Å². The third-order valence-electron chi connectivity index (χ3n) is 7.60. The van der Waals surface area contributed by atoms with Gasteiger partial charge in [0.25, 0.3) is 0 Å². The molecule has 0 saturated carbocycles. The Morgan fingerprint density at radius 3 is 2.59 bits per heavy atom. The summed E-state index contributed by atoms with van der Waals surface area (Å²) in [6.45, 7) is 0.928. The molecule has 37 heavy (non-hydrogen) atoms. The summed E-state index contributed by atoms with van der Waals surface area (Å²) >= 11 is 0. The molecule has 7 heteroatoms. The van der Waals surface area contributed by atoms with Crippen molar-refractivity contribution in [2.45, 2.75) is 62.8 Å². The second kappa shape index (κ2) is 11.3. The lowest BCUT2D eigenvalue weighted by Gasteiger charge is -2.30. The van der Waals surface area contributed by atoms with Gasteiger partial charge in [0.1, 0.15) is 26.0 Å². The van der Waals surface area contributed by atoms with Gasteiger partial charge < -0.3 is 26.0 Å². The minimum atomic E-state index is -0.727. The lowest BCUT2D eigenvalue weighted by atomic mass is 10.0. The lowest BCUT2D eigenvalue weighted by molar-refractivity contribution is -0.138. The highest BCUT2D eigenvalue weighted by Gasteiger charge is 2.54. The molecule has 2 aliphatic rings. The van der Waals surface area contributed by atoms with E-state index in [0.29, 0.717) is 32.4 Å². The summed E-state index contributed by atoms with van der Waals surface area (Å²) in [6, 6.07) is 22.5. The Morgan fingerprint density at radius 2 is 1.81 bits per heavy atom. The molecule has 0 radical (unpaired) electrons. The first-order chi connectivity index (χ1) is 18.6. The number of benzene rings is 3. The van der Waals surface area contributed by atoms with Crippen molar-refractivity contribution in [1.29, 1.82) is 0 Å². The molecule has 0 aromatic heterocycles. The van der Waals surface area contributed by atoms with E-state index in [0.717, 1.165) is 41.3 Å². The van der Waals surface area contributed by atoms with Gasteiger partial charge >= 0.3 is 0 Å². The maximum atomic E-state index is 13.8. The number of carbonyl (C=O) groups excluding carboxylic acids is 2. The number of unbranched alkanes of at least 4 members (excludes halogenated alkanes) is 1. The van der Waals surface area contributed by atoms with Crippen LogP contribution in [0, 0.1) is 0 Å². The van der Waals surface area contributed by atoms with Gasteiger partial charge in [-0.05, 0) is 73.5 Å². The van der Waals surface area contributed by atoms with E-state index in [1.165, 1.54) is 0 Å². The zero-order chi connectivity index (χ0) is 26.5. The van der Waals surface area contributed by atoms with Gasteiger partial charge in [-0.2, -0.15) is 0 Å². The second-order valence-electron chi connectivity index (χ2n) is 10.1. The molecule has 3 aromatic rings. The van der Waals surface area contributed by atoms with Crippen LogP contribution in [-0.2, 0) is 16.0 Å². The smallest absolute Gasteiger partial charge is 0.247 e. The van der Waals surface area contributed by atoms with Gasteiger partial charge in [0.2, 0.25) is 11.8 Å². The highest BCUT2D eigenvalue weighted by Crippen LogP contribution is 2.37. The highest BCUT2D eigenvalue weighted by atomic mass is 16.5. The molecule has 194 valence electrons. The Balaban J connectivity index is 1.32. The number of hydrogen-bond acceptors (Lipinski definition) is 5. The van der Waals surface area contributed by atoms with Gasteiger partial charge in [-0.3, -0.25) is 9.59 Å². The van der Waals surface area contributed by atoms with Gasteiger partial charge in [-0.1, -0.05) is 60.7 Å². The number of hydrogen-bond donors (Lipinski definition) is 2. The van der Waals surface area contributed by atoms with Crippen molar-refractivity contribution in [3.05, 3.63) is 78.4 Å². The fourth-order valence-electron chi connectivity index (χ4n) is 5.74. The van der Waals surface area contributed by atoms with Crippen LogP contribution >= 0.6 is 0 Å². The van der Waals surface area contributed by atoms with Crippen LogP contribution in [0.25, 0.3) is 10.8 Å². The normalized spacial score (nSPS) is 22.2. The summed E-state index contributed by atoms with van der Waals surface area (Å²) in [7, 11) is 0. The number of nitrogens with two attached hydrogens (primary N) is 2. The van der Waals surface area contributed by atoms with E-state index in [4.69, 9.17) is 11.9 Å². The maximum absolute atomic E-state index is 13.8. The zero-order valence-corrected chi connectivity index (χ0v) is 21.1. The van der Waals surface area contributed by atoms with E-state index < -0.39 is 12.1 Å². The van der Waals surface area contributed by atoms with Gasteiger partial charge in [0.15, 0.2) is 0 Å². The lowest BCUT2D eigenvalue weighted by Crippen LogP contribution is -2.51. The van der Waals surface area contributed by atoms with Crippen molar-refractivity contribution >= 4 is 22.6 Å². The van der Waals surface area contributed by atoms with Crippen molar-refractivity contribution in [2.24, 2.45) is 11.5 Å². The van der Waals surface area contributed by atoms with Gasteiger partial charge in [-0.25, -0.2) is 0 Å². The summed E-state index contributed by atoms with van der Waals surface area (Å²) in [5, 5.41) is 2.26. The Kier molecular flexibility index (Phi) is 7.33. The third kappa shape index (κ3) is 5.33. The van der Waals surface area contributed by atoms with E-state index in [-0.39, 0.29) is 24.0 Å². The zero-order valence-electron chi connectivity index (χ0n) is 22.1. The number of nitrogens with zero attached hydrogens (tertiary/aromatic N) is 2. The van der Waals surface area contributed by atoms with Crippen LogP contribution in [0.5, 0.6) is 5.75 Å². The Morgan fingerprint density at radius 1 is 1.03 bits per heavy atom. The van der Waals surface area contributed by atoms with Crippen molar-refractivity contribution in [1.82, 2.24) is 9.80 Å². The quantitative estimate of drug-likeness (QED) is 0.392. The molecular formula is C30H36N4O3. The summed E-state index contributed by atoms with van der Waals surface area (Å²) in [5.74, 6) is 0.555. The van der Waals surface area contributed by atoms with E-state index in [9.17, 15) is 9.59 Å². The molecule has 4 N–H and O–H groups in total. The number of rotatable bonds is 11. The molecule has 4 atom stereocenters. The van der Waals surface area contributed by atoms with E-state index in [2.05, 4.69) is 17.9 Å². The Labute approximate surface area is 219 Å². The van der Waals surface area contributed by atoms with Crippen molar-refractivity contribution in [3.63, 3.8) is 0 Å². The fourth-order valence-corrected chi connectivity index (χ4v) is 5.74. The predicted molar refractivity (Wildman–Crippen MR) is 145 cm³/mol. The fraction of sp³-hybridized carbons (Fsp3) is 0.400. The summed E-state index contributed by atoms with van der Waals surface area (Å²) in [6.07, 6.45) is 3.69. The Hall–Kier alpha value is -3.42. The van der Waals surface area contributed by atoms with Crippen molar-refractivity contribution in [3.8, 4) is 5.75 Å². The first-order valence-electron chi connectivity index (χ1n) is 13.8. The van der Waals surface area contributed by atoms with E-state index >= 15 is 0 Å². The molecule has 7 nitrogen and oxygen atoms in total. The maximum Gasteiger partial charge on any atom is 0.247 e. The Bertz CT molecular complexity index is 1260. The van der Waals surface area contributed by atoms with E-state index in [1.54, 1.807) is 4.90 Å². The molecule has 0 bridgehead atoms. The van der Waals surface area contributed by atoms with Crippen LogP contribution < -0.4 is 16.2 Å². The molecule has 5 rings (SSSR count). The first-order valence-corrected chi connectivity index (χ1v) is 13.3. The van der Waals surface area contributed by atoms with Crippen LogP contribution in [-0.4, -0.2) is 59.1 Å². The van der Waals surface area contributed by atoms with Crippen molar-refractivity contribution < 1.29 is 15.7 Å². The van der Waals surface area contributed by atoms with Crippen LogP contribution in [0.4, 0.5) is 0 Å². The number of amides is 2. The van der Waals surface area contributed by atoms with E-state index in [1.807, 2.05) is 65.6 Å². The molecule has 0 aliphatic carbocycles. The monoisotopic (exact) mass is 501 g/mol. The minimum Gasteiger partial charge on any atom is -0.491 e. The number of fused-ring (bicyclic) bond motifs is 2. The molecule has 0 spiro atoms. The first kappa shape index (κ1) is 23.9. The summed E-state index contributed by atoms with van der Waals surface area (Å²) in [4.78, 5) is 31.2. The third-order valence-corrected chi connectivity index (χ3v) is 7.60. The van der Waals surface area contributed by atoms with Crippen LogP contribution in [0.3, 0.4) is 0 Å². The predicted octanol–water partition coefficient (Wildman–Crippen LogP) is 3.45. The van der Waals surface area contributed by atoms with Crippen LogP contribution in [0.2, 0.25) is 1.41 Å². The largest absolute Gasteiger partial charge is 0.491 e. The van der Waals surface area contributed by atoms with Crippen molar-refractivity contribution in [2.75, 3.05) is 13.2 Å². The topological polar surface area (TPSA) is 102 Å². The molecule has 2 aliphatic heterocycles. The van der Waals surface area contributed by atoms with Gasteiger partial charge in [0.05, 0.1) is 12.1 Å². The molecule has 3 aromatic carbocycles. The molecule has 2 fully saturated rings. The highest BCUT2D eigenvalue weighted by molar-refractivity contribution is 5.93. The summed E-state index contributed by atoms with van der Waals surface area (Å²) in [5.41, 5.74) is 9.15. The number of ether oxygens (including phenoxy) is 1. The molecule has 2 saturated heterocycles. The molecule has 2 amide bonds. The summed E-state index contributed by atoms with van der Waals surface area (Å²) < 4.78 is 14.1.